The molecule has 1 aromatic rings. The maximum Gasteiger partial charge on any atom is 0.243 e. The Labute approximate surface area is 108 Å². The molecule has 0 aliphatic rings. The molecule has 0 aromatic heterocycles. The normalized spacial score (nSPS) is 12.1. The van der Waals surface area contributed by atoms with Crippen LogP contribution in [0.5, 0.6) is 0 Å². The van der Waals surface area contributed by atoms with Crippen LogP contribution in [0.4, 0.5) is 0 Å². The van der Waals surface area contributed by atoms with Crippen LogP contribution in [0.2, 0.25) is 0 Å². The third-order valence-electron chi connectivity index (χ3n) is 2.67. The second kappa shape index (κ2) is 5.38. The molecule has 0 radical (unpaired) electrons. The van der Waals surface area contributed by atoms with Crippen molar-refractivity contribution in [3.8, 4) is 0 Å². The van der Waals surface area contributed by atoms with Crippen molar-refractivity contribution >= 4 is 21.6 Å². The van der Waals surface area contributed by atoms with Crippen molar-refractivity contribution in [3.05, 3.63) is 28.8 Å². The van der Waals surface area contributed by atoms with E-state index < -0.39 is 10.0 Å². The van der Waals surface area contributed by atoms with Gasteiger partial charge < -0.3 is 0 Å². The highest BCUT2D eigenvalue weighted by Gasteiger charge is 2.24. The van der Waals surface area contributed by atoms with E-state index in [9.17, 15) is 8.42 Å². The quantitative estimate of drug-likeness (QED) is 0.792. The molecule has 1 aromatic carbocycles. The smallest absolute Gasteiger partial charge is 0.207 e. The van der Waals surface area contributed by atoms with Gasteiger partial charge in [0, 0.05) is 19.5 Å². The SMILES string of the molecule is Cc1cc(C)c(S(=O)(=O)N(C)CCCl)c(C)c1. The summed E-state index contributed by atoms with van der Waals surface area (Å²) in [7, 11) is -1.88. The maximum absolute atomic E-state index is 12.3. The Balaban J connectivity index is 3.34. The molecule has 0 heterocycles. The highest BCUT2D eigenvalue weighted by atomic mass is 35.5. The van der Waals surface area contributed by atoms with E-state index in [1.54, 1.807) is 7.05 Å². The van der Waals surface area contributed by atoms with Crippen molar-refractivity contribution in [1.82, 2.24) is 4.31 Å². The van der Waals surface area contributed by atoms with Gasteiger partial charge in [-0.2, -0.15) is 4.31 Å². The van der Waals surface area contributed by atoms with E-state index in [0.29, 0.717) is 17.3 Å². The highest BCUT2D eigenvalue weighted by Crippen LogP contribution is 2.24. The molecule has 0 spiro atoms. The van der Waals surface area contributed by atoms with Crippen LogP contribution in [-0.4, -0.2) is 32.2 Å². The lowest BCUT2D eigenvalue weighted by Gasteiger charge is -2.19. The molecule has 1 rings (SSSR count). The summed E-state index contributed by atoms with van der Waals surface area (Å²) in [5, 5.41) is 0. The van der Waals surface area contributed by atoms with Crippen molar-refractivity contribution < 1.29 is 8.42 Å². The molecule has 0 saturated carbocycles. The number of alkyl halides is 1. The summed E-state index contributed by atoms with van der Waals surface area (Å²) in [6.07, 6.45) is 0. The lowest BCUT2D eigenvalue weighted by molar-refractivity contribution is 0.487. The van der Waals surface area contributed by atoms with Crippen LogP contribution >= 0.6 is 11.6 Å². The molecule has 0 unspecified atom stereocenters. The van der Waals surface area contributed by atoms with Crippen LogP contribution in [0.1, 0.15) is 16.7 Å². The number of benzene rings is 1. The van der Waals surface area contributed by atoms with E-state index in [1.165, 1.54) is 4.31 Å². The van der Waals surface area contributed by atoms with Gasteiger partial charge in [-0.05, 0) is 31.9 Å². The minimum atomic E-state index is -3.43. The van der Waals surface area contributed by atoms with Gasteiger partial charge in [0.05, 0.1) is 4.90 Å². The van der Waals surface area contributed by atoms with Gasteiger partial charge >= 0.3 is 0 Å². The van der Waals surface area contributed by atoms with Crippen molar-refractivity contribution in [2.45, 2.75) is 25.7 Å². The zero-order chi connectivity index (χ0) is 13.2. The molecule has 0 amide bonds. The number of hydrogen-bond donors (Lipinski definition) is 0. The largest absolute Gasteiger partial charge is 0.243 e. The lowest BCUT2D eigenvalue weighted by atomic mass is 10.1. The molecule has 17 heavy (non-hydrogen) atoms. The van der Waals surface area contributed by atoms with Gasteiger partial charge in [-0.25, -0.2) is 8.42 Å². The minimum absolute atomic E-state index is 0.291. The molecular formula is C12H18ClNO2S. The topological polar surface area (TPSA) is 37.4 Å². The molecule has 0 fully saturated rings. The van der Waals surface area contributed by atoms with Gasteiger partial charge in [0.2, 0.25) is 10.0 Å². The van der Waals surface area contributed by atoms with Crippen LogP contribution in [0.15, 0.2) is 17.0 Å². The molecular weight excluding hydrogens is 258 g/mol. The Bertz CT molecular complexity index is 488. The fourth-order valence-electron chi connectivity index (χ4n) is 1.97. The fourth-order valence-corrected chi connectivity index (χ4v) is 3.90. The van der Waals surface area contributed by atoms with Crippen LogP contribution in [0, 0.1) is 20.8 Å². The molecule has 3 nitrogen and oxygen atoms in total. The molecule has 0 aliphatic carbocycles. The standard InChI is InChI=1S/C12H18ClNO2S/c1-9-7-10(2)12(11(3)8-9)17(15,16)14(4)6-5-13/h7-8H,5-6H2,1-4H3. The second-order valence-corrected chi connectivity index (χ2v) is 6.60. The van der Waals surface area contributed by atoms with E-state index >= 15 is 0 Å². The molecule has 0 aliphatic heterocycles. The van der Waals surface area contributed by atoms with E-state index in [1.807, 2.05) is 32.9 Å². The molecule has 5 heteroatoms. The van der Waals surface area contributed by atoms with Gasteiger partial charge in [0.1, 0.15) is 0 Å². The van der Waals surface area contributed by atoms with Gasteiger partial charge in [-0.3, -0.25) is 0 Å². The van der Waals surface area contributed by atoms with Crippen LogP contribution in [0.3, 0.4) is 0 Å². The summed E-state index contributed by atoms with van der Waals surface area (Å²) in [6.45, 7) is 5.92. The Hall–Kier alpha value is -0.580. The third kappa shape index (κ3) is 3.00. The number of hydrogen-bond acceptors (Lipinski definition) is 2. The van der Waals surface area contributed by atoms with Gasteiger partial charge in [-0.15, -0.1) is 11.6 Å². The minimum Gasteiger partial charge on any atom is -0.207 e. The monoisotopic (exact) mass is 275 g/mol. The van der Waals surface area contributed by atoms with E-state index in [4.69, 9.17) is 11.6 Å². The first kappa shape index (κ1) is 14.5. The lowest BCUT2D eigenvalue weighted by Crippen LogP contribution is -2.29. The van der Waals surface area contributed by atoms with Crippen LogP contribution in [-0.2, 0) is 10.0 Å². The van der Waals surface area contributed by atoms with Crippen LogP contribution in [0.25, 0.3) is 0 Å². The number of halogens is 1. The Morgan fingerprint density at radius 2 is 1.65 bits per heavy atom. The predicted octanol–water partition coefficient (Wildman–Crippen LogP) is 2.47. The second-order valence-electron chi connectivity index (χ2n) is 4.24. The van der Waals surface area contributed by atoms with Crippen molar-refractivity contribution in [2.75, 3.05) is 19.5 Å². The molecule has 0 atom stereocenters. The average Bonchev–Trinajstić information content (AvgIpc) is 2.15. The van der Waals surface area contributed by atoms with Crippen molar-refractivity contribution in [3.63, 3.8) is 0 Å². The average molecular weight is 276 g/mol. The molecule has 96 valence electrons. The predicted molar refractivity (Wildman–Crippen MR) is 71.2 cm³/mol. The molecule has 0 saturated heterocycles. The van der Waals surface area contributed by atoms with Gasteiger partial charge in [0.25, 0.3) is 0 Å². The number of nitrogens with zero attached hydrogens (tertiary/aromatic N) is 1. The van der Waals surface area contributed by atoms with E-state index in [0.717, 1.165) is 16.7 Å². The van der Waals surface area contributed by atoms with E-state index in [2.05, 4.69) is 0 Å². The van der Waals surface area contributed by atoms with Gasteiger partial charge in [0.15, 0.2) is 0 Å². The zero-order valence-electron chi connectivity index (χ0n) is 10.6. The molecule has 0 N–H and O–H groups in total. The first-order valence-corrected chi connectivity index (χ1v) is 7.38. The van der Waals surface area contributed by atoms with E-state index in [-0.39, 0.29) is 0 Å². The van der Waals surface area contributed by atoms with Crippen molar-refractivity contribution in [1.29, 1.82) is 0 Å². The highest BCUT2D eigenvalue weighted by molar-refractivity contribution is 7.89. The molecule has 0 bridgehead atoms. The Kier molecular flexibility index (Phi) is 4.58. The number of sulfonamides is 1. The first-order valence-electron chi connectivity index (χ1n) is 5.41. The Morgan fingerprint density at radius 1 is 1.18 bits per heavy atom. The maximum atomic E-state index is 12.3. The summed E-state index contributed by atoms with van der Waals surface area (Å²) in [5.74, 6) is 0.291. The summed E-state index contributed by atoms with van der Waals surface area (Å²) >= 11 is 5.59. The van der Waals surface area contributed by atoms with Gasteiger partial charge in [-0.1, -0.05) is 17.7 Å². The summed E-state index contributed by atoms with van der Waals surface area (Å²) in [4.78, 5) is 0.399. The third-order valence-corrected chi connectivity index (χ3v) is 5.00. The number of rotatable bonds is 4. The zero-order valence-corrected chi connectivity index (χ0v) is 12.2. The number of aryl methyl sites for hydroxylation is 3. The first-order chi connectivity index (χ1) is 7.80. The summed E-state index contributed by atoms with van der Waals surface area (Å²) in [5.41, 5.74) is 2.63. The van der Waals surface area contributed by atoms with Crippen molar-refractivity contribution in [2.24, 2.45) is 0 Å². The summed E-state index contributed by atoms with van der Waals surface area (Å²) in [6, 6.07) is 3.77. The summed E-state index contributed by atoms with van der Waals surface area (Å²) < 4.78 is 26.0. The fraction of sp³-hybridized carbons (Fsp3) is 0.500. The Morgan fingerprint density at radius 3 is 2.06 bits per heavy atom. The van der Waals surface area contributed by atoms with Crippen LogP contribution < -0.4 is 0 Å².